The first-order valence-electron chi connectivity index (χ1n) is 7.24. The molecule has 20 heavy (non-hydrogen) atoms. The first kappa shape index (κ1) is 15.4. The van der Waals surface area contributed by atoms with Crippen molar-refractivity contribution in [3.63, 3.8) is 0 Å². The zero-order valence-electron chi connectivity index (χ0n) is 12.6. The molecule has 0 radical (unpaired) electrons. The summed E-state index contributed by atoms with van der Waals surface area (Å²) >= 11 is 6.15. The van der Waals surface area contributed by atoms with Crippen LogP contribution in [0.2, 0.25) is 5.02 Å². The van der Waals surface area contributed by atoms with Gasteiger partial charge in [-0.3, -0.25) is 0 Å². The minimum absolute atomic E-state index is 0.801. The van der Waals surface area contributed by atoms with Gasteiger partial charge >= 0.3 is 0 Å². The molecule has 0 aliphatic carbocycles. The van der Waals surface area contributed by atoms with Crippen LogP contribution in [0.3, 0.4) is 0 Å². The topological polar surface area (TPSA) is 20.2 Å². The van der Waals surface area contributed by atoms with Gasteiger partial charge in [-0.15, -0.1) is 0 Å². The van der Waals surface area contributed by atoms with Crippen LogP contribution in [-0.4, -0.2) is 36.7 Å². The molecule has 2 rings (SSSR count). The number of aromatic nitrogens is 1. The molecule has 1 heterocycles. The quantitative estimate of drug-likeness (QED) is 0.790. The van der Waals surface area contributed by atoms with Gasteiger partial charge < -0.3 is 14.8 Å². The molecule has 4 heteroatoms. The highest BCUT2D eigenvalue weighted by Gasteiger charge is 2.09. The molecule has 0 atom stereocenters. The fraction of sp³-hybridized carbons (Fsp3) is 0.500. The molecule has 0 bridgehead atoms. The zero-order chi connectivity index (χ0) is 14.5. The van der Waals surface area contributed by atoms with Gasteiger partial charge in [0.1, 0.15) is 0 Å². The van der Waals surface area contributed by atoms with Gasteiger partial charge in [-0.05, 0) is 44.8 Å². The number of nitrogens with zero attached hydrogens (tertiary/aromatic N) is 2. The Morgan fingerprint density at radius 1 is 1.30 bits per heavy atom. The number of rotatable bonds is 7. The summed E-state index contributed by atoms with van der Waals surface area (Å²) in [5, 5.41) is 5.58. The maximum atomic E-state index is 6.15. The smallest absolute Gasteiger partial charge is 0.0499 e. The predicted octanol–water partition coefficient (Wildman–Crippen LogP) is 3.36. The third-order valence-electron chi connectivity index (χ3n) is 3.46. The lowest BCUT2D eigenvalue weighted by Crippen LogP contribution is -2.18. The van der Waals surface area contributed by atoms with Gasteiger partial charge in [0.25, 0.3) is 0 Å². The number of fused-ring (bicyclic) bond motifs is 1. The molecule has 0 saturated carbocycles. The molecular formula is C16H24ClN3. The summed E-state index contributed by atoms with van der Waals surface area (Å²) in [6.45, 7) is 6.17. The van der Waals surface area contributed by atoms with Crippen molar-refractivity contribution in [2.45, 2.75) is 26.4 Å². The van der Waals surface area contributed by atoms with Crippen molar-refractivity contribution in [1.82, 2.24) is 14.8 Å². The van der Waals surface area contributed by atoms with Crippen molar-refractivity contribution >= 4 is 22.5 Å². The molecule has 3 nitrogen and oxygen atoms in total. The molecule has 1 N–H and O–H groups in total. The summed E-state index contributed by atoms with van der Waals surface area (Å²) in [6.07, 6.45) is 3.41. The molecule has 1 aromatic carbocycles. The second-order valence-corrected chi connectivity index (χ2v) is 5.93. The van der Waals surface area contributed by atoms with Gasteiger partial charge in [0, 0.05) is 41.8 Å². The van der Waals surface area contributed by atoms with E-state index in [9.17, 15) is 0 Å². The molecular weight excluding hydrogens is 270 g/mol. The Bertz CT molecular complexity index is 560. The van der Waals surface area contributed by atoms with E-state index in [1.54, 1.807) is 0 Å². The van der Waals surface area contributed by atoms with Crippen molar-refractivity contribution in [2.75, 3.05) is 27.2 Å². The number of likely N-dealkylation sites (N-methyl/N-ethyl adjacent to an activating group) is 1. The highest BCUT2D eigenvalue weighted by Crippen LogP contribution is 2.25. The minimum atomic E-state index is 0.801. The summed E-state index contributed by atoms with van der Waals surface area (Å²) in [4.78, 5) is 2.20. The molecule has 0 amide bonds. The average Bonchev–Trinajstić information content (AvgIpc) is 2.74. The van der Waals surface area contributed by atoms with Crippen molar-refractivity contribution < 1.29 is 0 Å². The summed E-state index contributed by atoms with van der Waals surface area (Å²) in [6, 6.07) is 6.17. The monoisotopic (exact) mass is 293 g/mol. The lowest BCUT2D eigenvalue weighted by molar-refractivity contribution is 0.386. The summed E-state index contributed by atoms with van der Waals surface area (Å²) in [5.74, 6) is 0. The van der Waals surface area contributed by atoms with E-state index in [1.807, 2.05) is 6.07 Å². The van der Waals surface area contributed by atoms with Gasteiger partial charge in [0.2, 0.25) is 0 Å². The van der Waals surface area contributed by atoms with Gasteiger partial charge in [-0.1, -0.05) is 24.6 Å². The first-order valence-corrected chi connectivity index (χ1v) is 7.62. The summed E-state index contributed by atoms with van der Waals surface area (Å²) in [7, 11) is 4.20. The van der Waals surface area contributed by atoms with Gasteiger partial charge in [-0.25, -0.2) is 0 Å². The maximum Gasteiger partial charge on any atom is 0.0499 e. The second-order valence-electron chi connectivity index (χ2n) is 5.49. The van der Waals surface area contributed by atoms with Crippen LogP contribution < -0.4 is 5.32 Å². The number of hydrogen-bond acceptors (Lipinski definition) is 2. The molecule has 0 unspecified atom stereocenters. The van der Waals surface area contributed by atoms with E-state index in [4.69, 9.17) is 11.6 Å². The lowest BCUT2D eigenvalue weighted by Gasteiger charge is -2.11. The van der Waals surface area contributed by atoms with Crippen LogP contribution >= 0.6 is 11.6 Å². The van der Waals surface area contributed by atoms with E-state index in [0.29, 0.717) is 0 Å². The highest BCUT2D eigenvalue weighted by molar-refractivity contribution is 6.31. The lowest BCUT2D eigenvalue weighted by atomic mass is 10.2. The number of benzene rings is 1. The van der Waals surface area contributed by atoms with E-state index in [2.05, 4.69) is 54.1 Å². The highest BCUT2D eigenvalue weighted by atomic mass is 35.5. The number of halogens is 1. The van der Waals surface area contributed by atoms with Crippen LogP contribution in [0.15, 0.2) is 24.4 Å². The van der Waals surface area contributed by atoms with Crippen LogP contribution in [0.25, 0.3) is 10.9 Å². The zero-order valence-corrected chi connectivity index (χ0v) is 13.4. The summed E-state index contributed by atoms with van der Waals surface area (Å²) < 4.78 is 2.31. The van der Waals surface area contributed by atoms with Crippen LogP contribution in [-0.2, 0) is 13.1 Å². The molecule has 0 fully saturated rings. The molecule has 0 saturated heterocycles. The van der Waals surface area contributed by atoms with Crippen LogP contribution in [0.5, 0.6) is 0 Å². The standard InChI is InChI=1S/C16H24ClN3/c1-4-7-18-11-13-12-20(9-8-19(2)3)16-10-14(17)5-6-15(13)16/h5-6,10,12,18H,4,7-9,11H2,1-3H3. The Hall–Kier alpha value is -1.03. The molecule has 2 aromatic rings. The Labute approximate surface area is 126 Å². The first-order chi connectivity index (χ1) is 9.61. The predicted molar refractivity (Wildman–Crippen MR) is 87.5 cm³/mol. The number of hydrogen-bond donors (Lipinski definition) is 1. The molecule has 0 spiro atoms. The van der Waals surface area contributed by atoms with Crippen LogP contribution in [0, 0.1) is 0 Å². The summed E-state index contributed by atoms with van der Waals surface area (Å²) in [5.41, 5.74) is 2.58. The van der Waals surface area contributed by atoms with Crippen molar-refractivity contribution in [3.05, 3.63) is 35.0 Å². The molecule has 0 aliphatic heterocycles. The van der Waals surface area contributed by atoms with Crippen molar-refractivity contribution in [3.8, 4) is 0 Å². The van der Waals surface area contributed by atoms with Crippen molar-refractivity contribution in [1.29, 1.82) is 0 Å². The van der Waals surface area contributed by atoms with Crippen molar-refractivity contribution in [2.24, 2.45) is 0 Å². The van der Waals surface area contributed by atoms with Gasteiger partial charge in [0.15, 0.2) is 0 Å². The van der Waals surface area contributed by atoms with E-state index >= 15 is 0 Å². The molecule has 1 aromatic heterocycles. The minimum Gasteiger partial charge on any atom is -0.346 e. The normalized spacial score (nSPS) is 11.7. The van der Waals surface area contributed by atoms with Gasteiger partial charge in [-0.2, -0.15) is 0 Å². The van der Waals surface area contributed by atoms with E-state index in [1.165, 1.54) is 16.5 Å². The largest absolute Gasteiger partial charge is 0.346 e. The third kappa shape index (κ3) is 3.75. The maximum absolute atomic E-state index is 6.15. The van der Waals surface area contributed by atoms with Gasteiger partial charge in [0.05, 0.1) is 0 Å². The SMILES string of the molecule is CCCNCc1cn(CCN(C)C)c2cc(Cl)ccc12. The fourth-order valence-corrected chi connectivity index (χ4v) is 2.54. The Kier molecular flexibility index (Phi) is 5.46. The fourth-order valence-electron chi connectivity index (χ4n) is 2.37. The average molecular weight is 294 g/mol. The van der Waals surface area contributed by atoms with Crippen LogP contribution in [0.1, 0.15) is 18.9 Å². The molecule has 0 aliphatic rings. The van der Waals surface area contributed by atoms with E-state index in [-0.39, 0.29) is 0 Å². The Morgan fingerprint density at radius 3 is 2.80 bits per heavy atom. The molecule has 110 valence electrons. The Morgan fingerprint density at radius 2 is 2.10 bits per heavy atom. The third-order valence-corrected chi connectivity index (χ3v) is 3.69. The Balaban J connectivity index is 2.28. The second kappa shape index (κ2) is 7.11. The number of nitrogens with one attached hydrogen (secondary N) is 1. The van der Waals surface area contributed by atoms with E-state index < -0.39 is 0 Å². The van der Waals surface area contributed by atoms with Crippen LogP contribution in [0.4, 0.5) is 0 Å². The van der Waals surface area contributed by atoms with E-state index in [0.717, 1.165) is 37.6 Å².